The highest BCUT2D eigenvalue weighted by Gasteiger charge is 2.08. The molecule has 0 aromatic heterocycles. The van der Waals surface area contributed by atoms with Gasteiger partial charge in [0.25, 0.3) is 0 Å². The van der Waals surface area contributed by atoms with Crippen LogP contribution >= 0.6 is 0 Å². The number of nitrogens with zero attached hydrogens (tertiary/aromatic N) is 1. The summed E-state index contributed by atoms with van der Waals surface area (Å²) >= 11 is 0. The first kappa shape index (κ1) is 16.0. The lowest BCUT2D eigenvalue weighted by Gasteiger charge is -2.20. The van der Waals surface area contributed by atoms with Crippen molar-refractivity contribution in [1.82, 2.24) is 4.90 Å². The highest BCUT2D eigenvalue weighted by atomic mass is 16.5. The van der Waals surface area contributed by atoms with Crippen LogP contribution in [0.5, 0.6) is 5.75 Å². The zero-order chi connectivity index (χ0) is 14.4. The summed E-state index contributed by atoms with van der Waals surface area (Å²) in [5.41, 5.74) is 15.1. The average molecular weight is 265 g/mol. The summed E-state index contributed by atoms with van der Waals surface area (Å²) < 4.78 is 5.38. The Morgan fingerprint density at radius 2 is 1.84 bits per heavy atom. The van der Waals surface area contributed by atoms with Crippen LogP contribution in [0.15, 0.2) is 12.1 Å². The maximum absolute atomic E-state index is 5.85. The van der Waals surface area contributed by atoms with Crippen molar-refractivity contribution in [3.63, 3.8) is 0 Å². The molecule has 0 radical (unpaired) electrons. The van der Waals surface area contributed by atoms with Gasteiger partial charge < -0.3 is 21.1 Å². The normalized spacial score (nSPS) is 12.8. The molecule has 1 aromatic carbocycles. The molecule has 1 rings (SSSR count). The molecule has 4 heteroatoms. The number of methoxy groups -OCH3 is 1. The van der Waals surface area contributed by atoms with Crippen LogP contribution in [0.1, 0.15) is 16.7 Å². The standard InChI is InChI=1S/C15H27N3O/c1-11-7-13(8-12(2)15(11)19-4)5-6-18(3)10-14(17)9-16/h7-8,14H,5-6,9-10,16-17H2,1-4H3. The predicted molar refractivity (Wildman–Crippen MR) is 80.7 cm³/mol. The highest BCUT2D eigenvalue weighted by Crippen LogP contribution is 2.24. The molecule has 108 valence electrons. The monoisotopic (exact) mass is 265 g/mol. The fourth-order valence-corrected chi connectivity index (χ4v) is 2.39. The topological polar surface area (TPSA) is 64.5 Å². The van der Waals surface area contributed by atoms with Gasteiger partial charge in [0.1, 0.15) is 5.75 Å². The predicted octanol–water partition coefficient (Wildman–Crippen LogP) is 1.07. The molecule has 1 aromatic rings. The van der Waals surface area contributed by atoms with E-state index in [4.69, 9.17) is 16.2 Å². The van der Waals surface area contributed by atoms with Crippen molar-refractivity contribution in [3.8, 4) is 5.75 Å². The number of likely N-dealkylation sites (N-methyl/N-ethyl adjacent to an activating group) is 1. The van der Waals surface area contributed by atoms with Crippen molar-refractivity contribution < 1.29 is 4.74 Å². The van der Waals surface area contributed by atoms with Gasteiger partial charge in [-0.2, -0.15) is 0 Å². The van der Waals surface area contributed by atoms with Crippen LogP contribution in [0.2, 0.25) is 0 Å². The molecule has 0 fully saturated rings. The number of rotatable bonds is 7. The second-order valence-electron chi connectivity index (χ2n) is 5.27. The van der Waals surface area contributed by atoms with E-state index in [1.807, 2.05) is 0 Å². The Labute approximate surface area is 116 Å². The molecular formula is C15H27N3O. The minimum Gasteiger partial charge on any atom is -0.496 e. The van der Waals surface area contributed by atoms with Crippen LogP contribution in [-0.4, -0.2) is 44.7 Å². The molecule has 0 saturated carbocycles. The lowest BCUT2D eigenvalue weighted by Crippen LogP contribution is -2.41. The Kier molecular flexibility index (Phi) is 6.28. The fourth-order valence-electron chi connectivity index (χ4n) is 2.39. The van der Waals surface area contributed by atoms with Crippen LogP contribution in [0.4, 0.5) is 0 Å². The smallest absolute Gasteiger partial charge is 0.124 e. The third kappa shape index (κ3) is 4.82. The minimum absolute atomic E-state index is 0.0596. The van der Waals surface area contributed by atoms with Gasteiger partial charge in [-0.1, -0.05) is 12.1 Å². The summed E-state index contributed by atoms with van der Waals surface area (Å²) in [7, 11) is 3.80. The first-order valence-corrected chi connectivity index (χ1v) is 6.76. The molecule has 1 unspecified atom stereocenters. The van der Waals surface area contributed by atoms with E-state index >= 15 is 0 Å². The molecule has 4 N–H and O–H groups in total. The third-order valence-corrected chi connectivity index (χ3v) is 3.36. The van der Waals surface area contributed by atoms with Gasteiger partial charge in [0.15, 0.2) is 0 Å². The van der Waals surface area contributed by atoms with Gasteiger partial charge in [0.2, 0.25) is 0 Å². The fraction of sp³-hybridized carbons (Fsp3) is 0.600. The van der Waals surface area contributed by atoms with E-state index in [0.29, 0.717) is 6.54 Å². The molecule has 0 amide bonds. The molecule has 0 saturated heterocycles. The van der Waals surface area contributed by atoms with Gasteiger partial charge in [-0.05, 0) is 44.0 Å². The van der Waals surface area contributed by atoms with Crippen LogP contribution in [0.3, 0.4) is 0 Å². The molecule has 19 heavy (non-hydrogen) atoms. The van der Waals surface area contributed by atoms with E-state index in [9.17, 15) is 0 Å². The van der Waals surface area contributed by atoms with Crippen LogP contribution in [-0.2, 0) is 6.42 Å². The molecule has 0 aliphatic carbocycles. The average Bonchev–Trinajstić information content (AvgIpc) is 2.36. The SMILES string of the molecule is COc1c(C)cc(CCN(C)CC(N)CN)cc1C. The van der Waals surface area contributed by atoms with Gasteiger partial charge in [0, 0.05) is 25.7 Å². The van der Waals surface area contributed by atoms with Crippen molar-refractivity contribution >= 4 is 0 Å². The maximum atomic E-state index is 5.85. The number of hydrogen-bond acceptors (Lipinski definition) is 4. The number of benzene rings is 1. The Bertz CT molecular complexity index is 383. The van der Waals surface area contributed by atoms with Crippen LogP contribution in [0.25, 0.3) is 0 Å². The largest absolute Gasteiger partial charge is 0.496 e. The first-order valence-electron chi connectivity index (χ1n) is 6.76. The molecule has 0 heterocycles. The molecule has 0 spiro atoms. The molecule has 0 aliphatic rings. The summed E-state index contributed by atoms with van der Waals surface area (Å²) in [6.45, 7) is 6.53. The minimum atomic E-state index is 0.0596. The Morgan fingerprint density at radius 1 is 1.26 bits per heavy atom. The van der Waals surface area contributed by atoms with E-state index in [1.54, 1.807) is 7.11 Å². The first-order chi connectivity index (χ1) is 8.97. The Morgan fingerprint density at radius 3 is 2.32 bits per heavy atom. The number of hydrogen-bond donors (Lipinski definition) is 2. The number of aryl methyl sites for hydroxylation is 2. The zero-order valence-electron chi connectivity index (χ0n) is 12.6. The summed E-state index contributed by atoms with van der Waals surface area (Å²) in [5, 5.41) is 0. The molecular weight excluding hydrogens is 238 g/mol. The highest BCUT2D eigenvalue weighted by molar-refractivity contribution is 5.43. The van der Waals surface area contributed by atoms with E-state index in [2.05, 4.69) is 37.9 Å². The van der Waals surface area contributed by atoms with Gasteiger partial charge in [0.05, 0.1) is 7.11 Å². The van der Waals surface area contributed by atoms with Crippen molar-refractivity contribution in [3.05, 3.63) is 28.8 Å². The van der Waals surface area contributed by atoms with E-state index in [1.165, 1.54) is 16.7 Å². The van der Waals surface area contributed by atoms with Crippen molar-refractivity contribution in [2.24, 2.45) is 11.5 Å². The molecule has 0 bridgehead atoms. The van der Waals surface area contributed by atoms with E-state index in [-0.39, 0.29) is 6.04 Å². The number of nitrogens with two attached hydrogens (primary N) is 2. The second kappa shape index (κ2) is 7.48. The van der Waals surface area contributed by atoms with Gasteiger partial charge in [-0.15, -0.1) is 0 Å². The summed E-state index contributed by atoms with van der Waals surface area (Å²) in [6.07, 6.45) is 1.01. The Hall–Kier alpha value is -1.10. The van der Waals surface area contributed by atoms with E-state index in [0.717, 1.165) is 25.3 Å². The lowest BCUT2D eigenvalue weighted by molar-refractivity contribution is 0.316. The van der Waals surface area contributed by atoms with Crippen LogP contribution in [0, 0.1) is 13.8 Å². The summed E-state index contributed by atoms with van der Waals surface area (Å²) in [5.74, 6) is 0.988. The molecule has 0 aliphatic heterocycles. The van der Waals surface area contributed by atoms with Crippen LogP contribution < -0.4 is 16.2 Å². The van der Waals surface area contributed by atoms with Crippen molar-refractivity contribution in [2.75, 3.05) is 33.8 Å². The summed E-state index contributed by atoms with van der Waals surface area (Å²) in [6, 6.07) is 4.45. The van der Waals surface area contributed by atoms with Crippen molar-refractivity contribution in [2.45, 2.75) is 26.3 Å². The molecule has 4 nitrogen and oxygen atoms in total. The quantitative estimate of drug-likeness (QED) is 0.774. The van der Waals surface area contributed by atoms with Gasteiger partial charge in [-0.3, -0.25) is 0 Å². The molecule has 1 atom stereocenters. The van der Waals surface area contributed by atoms with Gasteiger partial charge >= 0.3 is 0 Å². The number of ether oxygens (including phenoxy) is 1. The van der Waals surface area contributed by atoms with Crippen molar-refractivity contribution in [1.29, 1.82) is 0 Å². The van der Waals surface area contributed by atoms with E-state index < -0.39 is 0 Å². The maximum Gasteiger partial charge on any atom is 0.124 e. The third-order valence-electron chi connectivity index (χ3n) is 3.36. The second-order valence-corrected chi connectivity index (χ2v) is 5.27. The Balaban J connectivity index is 2.59. The van der Waals surface area contributed by atoms with Gasteiger partial charge in [-0.25, -0.2) is 0 Å². The zero-order valence-corrected chi connectivity index (χ0v) is 12.6. The summed E-state index contributed by atoms with van der Waals surface area (Å²) in [4.78, 5) is 2.23. The lowest BCUT2D eigenvalue weighted by atomic mass is 10.0.